The van der Waals surface area contributed by atoms with Crippen LogP contribution in [0.4, 0.5) is 0 Å². The zero-order valence-corrected chi connectivity index (χ0v) is 10.1. The molecule has 0 aromatic rings. The van der Waals surface area contributed by atoms with E-state index in [0.717, 1.165) is 19.3 Å². The van der Waals surface area contributed by atoms with Crippen molar-refractivity contribution in [2.24, 2.45) is 17.6 Å². The first kappa shape index (κ1) is 12.5. The van der Waals surface area contributed by atoms with E-state index in [1.807, 2.05) is 20.8 Å². The van der Waals surface area contributed by atoms with E-state index in [2.05, 4.69) is 0 Å². The minimum atomic E-state index is -0.381. The van der Waals surface area contributed by atoms with Gasteiger partial charge in [-0.2, -0.15) is 0 Å². The van der Waals surface area contributed by atoms with Crippen LogP contribution in [-0.4, -0.2) is 18.1 Å². The third-order valence-electron chi connectivity index (χ3n) is 2.92. The SMILES string of the molecule is CC(C)(C)OC(=O)[C@H]1CCCC[C@H]1CN. The van der Waals surface area contributed by atoms with Crippen LogP contribution in [0.2, 0.25) is 0 Å². The summed E-state index contributed by atoms with van der Waals surface area (Å²) in [4.78, 5) is 11.9. The van der Waals surface area contributed by atoms with Gasteiger partial charge in [0.15, 0.2) is 0 Å². The first-order chi connectivity index (χ1) is 6.94. The summed E-state index contributed by atoms with van der Waals surface area (Å²) >= 11 is 0. The average molecular weight is 213 g/mol. The van der Waals surface area contributed by atoms with E-state index < -0.39 is 0 Å². The number of hydrogen-bond donors (Lipinski definition) is 1. The van der Waals surface area contributed by atoms with Crippen LogP contribution in [0, 0.1) is 11.8 Å². The van der Waals surface area contributed by atoms with Crippen molar-refractivity contribution >= 4 is 5.97 Å². The van der Waals surface area contributed by atoms with Gasteiger partial charge < -0.3 is 10.5 Å². The fourth-order valence-electron chi connectivity index (χ4n) is 2.18. The molecule has 0 saturated heterocycles. The van der Waals surface area contributed by atoms with E-state index in [0.29, 0.717) is 12.5 Å². The highest BCUT2D eigenvalue weighted by molar-refractivity contribution is 5.73. The molecule has 1 aliphatic rings. The monoisotopic (exact) mass is 213 g/mol. The Bertz CT molecular complexity index is 220. The Hall–Kier alpha value is -0.570. The molecule has 0 spiro atoms. The molecule has 0 radical (unpaired) electrons. The van der Waals surface area contributed by atoms with E-state index in [9.17, 15) is 4.79 Å². The van der Waals surface area contributed by atoms with Crippen LogP contribution in [0.3, 0.4) is 0 Å². The molecule has 1 saturated carbocycles. The molecule has 1 rings (SSSR count). The van der Waals surface area contributed by atoms with Gasteiger partial charge >= 0.3 is 5.97 Å². The van der Waals surface area contributed by atoms with Gasteiger partial charge in [-0.1, -0.05) is 12.8 Å². The maximum Gasteiger partial charge on any atom is 0.309 e. The predicted molar refractivity (Wildman–Crippen MR) is 60.3 cm³/mol. The summed E-state index contributed by atoms with van der Waals surface area (Å²) in [5.74, 6) is 0.300. The lowest BCUT2D eigenvalue weighted by Gasteiger charge is -2.31. The molecule has 3 heteroatoms. The first-order valence-corrected chi connectivity index (χ1v) is 5.87. The van der Waals surface area contributed by atoms with Crippen LogP contribution < -0.4 is 5.73 Å². The van der Waals surface area contributed by atoms with Crippen molar-refractivity contribution in [2.45, 2.75) is 52.1 Å². The minimum absolute atomic E-state index is 0.0305. The van der Waals surface area contributed by atoms with Gasteiger partial charge in [-0.3, -0.25) is 4.79 Å². The quantitative estimate of drug-likeness (QED) is 0.715. The largest absolute Gasteiger partial charge is 0.460 e. The van der Waals surface area contributed by atoms with E-state index >= 15 is 0 Å². The van der Waals surface area contributed by atoms with Crippen LogP contribution >= 0.6 is 0 Å². The fourth-order valence-corrected chi connectivity index (χ4v) is 2.18. The molecule has 2 atom stereocenters. The van der Waals surface area contributed by atoms with Gasteiger partial charge in [0.1, 0.15) is 5.60 Å². The fraction of sp³-hybridized carbons (Fsp3) is 0.917. The highest BCUT2D eigenvalue weighted by atomic mass is 16.6. The van der Waals surface area contributed by atoms with Crippen LogP contribution in [0.15, 0.2) is 0 Å². The Morgan fingerprint density at radius 2 is 1.93 bits per heavy atom. The number of esters is 1. The second-order valence-electron chi connectivity index (χ2n) is 5.42. The van der Waals surface area contributed by atoms with Gasteiger partial charge in [0, 0.05) is 0 Å². The van der Waals surface area contributed by atoms with E-state index in [1.165, 1.54) is 6.42 Å². The number of nitrogens with two attached hydrogens (primary N) is 1. The standard InChI is InChI=1S/C12H23NO2/c1-12(2,3)15-11(14)10-7-5-4-6-9(10)8-13/h9-10H,4-8,13H2,1-3H3/t9-,10-/m0/s1. The number of carbonyl (C=O) groups is 1. The molecule has 88 valence electrons. The highest BCUT2D eigenvalue weighted by Crippen LogP contribution is 2.31. The number of rotatable bonds is 2. The molecule has 15 heavy (non-hydrogen) atoms. The van der Waals surface area contributed by atoms with E-state index in [-0.39, 0.29) is 17.5 Å². The van der Waals surface area contributed by atoms with Crippen LogP contribution in [0.25, 0.3) is 0 Å². The van der Waals surface area contributed by atoms with Crippen molar-refractivity contribution in [1.29, 1.82) is 0 Å². The zero-order valence-electron chi connectivity index (χ0n) is 10.1. The molecule has 0 unspecified atom stereocenters. The second kappa shape index (κ2) is 4.97. The minimum Gasteiger partial charge on any atom is -0.460 e. The highest BCUT2D eigenvalue weighted by Gasteiger charge is 2.33. The van der Waals surface area contributed by atoms with Crippen molar-refractivity contribution in [3.05, 3.63) is 0 Å². The van der Waals surface area contributed by atoms with Crippen molar-refractivity contribution in [3.63, 3.8) is 0 Å². The number of hydrogen-bond acceptors (Lipinski definition) is 3. The first-order valence-electron chi connectivity index (χ1n) is 5.87. The van der Waals surface area contributed by atoms with Crippen molar-refractivity contribution in [2.75, 3.05) is 6.54 Å². The summed E-state index contributed by atoms with van der Waals surface area (Å²) in [6.07, 6.45) is 4.33. The molecule has 0 aliphatic heterocycles. The maximum atomic E-state index is 11.9. The molecule has 1 fully saturated rings. The maximum absolute atomic E-state index is 11.9. The van der Waals surface area contributed by atoms with Gasteiger partial charge in [-0.25, -0.2) is 0 Å². The molecule has 3 nitrogen and oxygen atoms in total. The Morgan fingerprint density at radius 1 is 1.33 bits per heavy atom. The molecule has 1 aliphatic carbocycles. The van der Waals surface area contributed by atoms with Gasteiger partial charge in [-0.05, 0) is 46.1 Å². The smallest absolute Gasteiger partial charge is 0.309 e. The molecule has 0 aromatic carbocycles. The van der Waals surface area contributed by atoms with Crippen LogP contribution in [-0.2, 0) is 9.53 Å². The average Bonchev–Trinajstić information content (AvgIpc) is 2.15. The van der Waals surface area contributed by atoms with Crippen LogP contribution in [0.1, 0.15) is 46.5 Å². The lowest BCUT2D eigenvalue weighted by atomic mass is 9.79. The van der Waals surface area contributed by atoms with Gasteiger partial charge in [0.05, 0.1) is 5.92 Å². The molecule has 0 amide bonds. The zero-order chi connectivity index (χ0) is 11.5. The van der Waals surface area contributed by atoms with Gasteiger partial charge in [0.2, 0.25) is 0 Å². The summed E-state index contributed by atoms with van der Waals surface area (Å²) in [6.45, 7) is 6.32. The predicted octanol–water partition coefficient (Wildman–Crippen LogP) is 2.09. The molecule has 0 aromatic heterocycles. The Labute approximate surface area is 92.4 Å². The van der Waals surface area contributed by atoms with Crippen molar-refractivity contribution < 1.29 is 9.53 Å². The van der Waals surface area contributed by atoms with E-state index in [1.54, 1.807) is 0 Å². The van der Waals surface area contributed by atoms with Crippen molar-refractivity contribution in [1.82, 2.24) is 0 Å². The topological polar surface area (TPSA) is 52.3 Å². The molecule has 0 bridgehead atoms. The van der Waals surface area contributed by atoms with E-state index in [4.69, 9.17) is 10.5 Å². The summed E-state index contributed by atoms with van der Waals surface area (Å²) in [5, 5.41) is 0. The Balaban J connectivity index is 2.56. The van der Waals surface area contributed by atoms with Crippen molar-refractivity contribution in [3.8, 4) is 0 Å². The number of carbonyl (C=O) groups excluding carboxylic acids is 1. The summed E-state index contributed by atoms with van der Waals surface area (Å²) < 4.78 is 5.41. The van der Waals surface area contributed by atoms with Crippen LogP contribution in [0.5, 0.6) is 0 Å². The molecular formula is C12H23NO2. The third-order valence-corrected chi connectivity index (χ3v) is 2.92. The third kappa shape index (κ3) is 3.82. The van der Waals surface area contributed by atoms with Gasteiger partial charge in [0.25, 0.3) is 0 Å². The summed E-state index contributed by atoms with van der Waals surface area (Å²) in [6, 6.07) is 0. The Kier molecular flexibility index (Phi) is 4.14. The molecule has 2 N–H and O–H groups in total. The number of ether oxygens (including phenoxy) is 1. The molecule has 0 heterocycles. The molecular weight excluding hydrogens is 190 g/mol. The lowest BCUT2D eigenvalue weighted by Crippen LogP contribution is -2.37. The summed E-state index contributed by atoms with van der Waals surface area (Å²) in [7, 11) is 0. The van der Waals surface area contributed by atoms with Gasteiger partial charge in [-0.15, -0.1) is 0 Å². The summed E-state index contributed by atoms with van der Waals surface area (Å²) in [5.41, 5.74) is 5.31. The normalized spacial score (nSPS) is 27.5. The lowest BCUT2D eigenvalue weighted by molar-refractivity contribution is -0.163. The Morgan fingerprint density at radius 3 is 2.47 bits per heavy atom. The second-order valence-corrected chi connectivity index (χ2v) is 5.42.